The van der Waals surface area contributed by atoms with Crippen LogP contribution in [0.5, 0.6) is 11.5 Å². The number of carbonyl (C=O) groups is 1. The van der Waals surface area contributed by atoms with Crippen LogP contribution < -0.4 is 14.8 Å². The van der Waals surface area contributed by atoms with Crippen LogP contribution in [0.4, 0.5) is 5.69 Å². The molecular formula is C19H23NO3. The average Bonchev–Trinajstić information content (AvgIpc) is 2.54. The molecule has 0 aliphatic carbocycles. The van der Waals surface area contributed by atoms with Crippen LogP contribution in [0.3, 0.4) is 0 Å². The maximum atomic E-state index is 12.6. The number of anilines is 1. The molecule has 0 atom stereocenters. The zero-order valence-electron chi connectivity index (χ0n) is 14.3. The molecule has 122 valence electrons. The molecule has 0 radical (unpaired) electrons. The van der Waals surface area contributed by atoms with Gasteiger partial charge in [0.25, 0.3) is 5.91 Å². The lowest BCUT2D eigenvalue weighted by Crippen LogP contribution is -2.14. The number of nitrogens with one attached hydrogen (secondary N) is 1. The number of methoxy groups -OCH3 is 2. The third-order valence-corrected chi connectivity index (χ3v) is 3.79. The third-order valence-electron chi connectivity index (χ3n) is 3.79. The Bertz CT molecular complexity index is 708. The first-order valence-corrected chi connectivity index (χ1v) is 7.60. The molecule has 2 aromatic carbocycles. The predicted molar refractivity (Wildman–Crippen MR) is 92.8 cm³/mol. The maximum absolute atomic E-state index is 12.6. The zero-order valence-corrected chi connectivity index (χ0v) is 14.3. The van der Waals surface area contributed by atoms with E-state index in [9.17, 15) is 4.79 Å². The Morgan fingerprint density at radius 3 is 2.30 bits per heavy atom. The fourth-order valence-corrected chi connectivity index (χ4v) is 2.40. The molecule has 0 aliphatic heterocycles. The summed E-state index contributed by atoms with van der Waals surface area (Å²) >= 11 is 0. The lowest BCUT2D eigenvalue weighted by atomic mass is 10.0. The standard InChI is InChI=1S/C19H23NO3/c1-12(2)14-7-6-8-15(10-14)20-19(21)16-11-18(23-5)17(22-4)9-13(16)3/h6-12H,1-5H3,(H,20,21). The van der Waals surface area contributed by atoms with Crippen LogP contribution in [0.15, 0.2) is 36.4 Å². The minimum Gasteiger partial charge on any atom is -0.493 e. The molecule has 0 saturated heterocycles. The summed E-state index contributed by atoms with van der Waals surface area (Å²) in [5.41, 5.74) is 3.37. The number of hydrogen-bond donors (Lipinski definition) is 1. The van der Waals surface area contributed by atoms with Crippen LogP contribution in [0, 0.1) is 6.92 Å². The van der Waals surface area contributed by atoms with Crippen molar-refractivity contribution >= 4 is 11.6 Å². The molecule has 0 aliphatic rings. The smallest absolute Gasteiger partial charge is 0.256 e. The molecule has 2 aromatic rings. The van der Waals surface area contributed by atoms with Gasteiger partial charge in [-0.3, -0.25) is 4.79 Å². The molecule has 0 saturated carbocycles. The van der Waals surface area contributed by atoms with Gasteiger partial charge in [-0.15, -0.1) is 0 Å². The van der Waals surface area contributed by atoms with Crippen LogP contribution >= 0.6 is 0 Å². The lowest BCUT2D eigenvalue weighted by Gasteiger charge is -2.13. The van der Waals surface area contributed by atoms with E-state index in [0.29, 0.717) is 23.0 Å². The molecule has 2 rings (SSSR count). The van der Waals surface area contributed by atoms with Crippen molar-refractivity contribution in [3.05, 3.63) is 53.1 Å². The van der Waals surface area contributed by atoms with Gasteiger partial charge in [-0.05, 0) is 48.2 Å². The first-order valence-electron chi connectivity index (χ1n) is 7.60. The normalized spacial score (nSPS) is 10.5. The number of carbonyl (C=O) groups excluding carboxylic acids is 1. The van der Waals surface area contributed by atoms with Gasteiger partial charge in [0.15, 0.2) is 11.5 Å². The largest absolute Gasteiger partial charge is 0.493 e. The SMILES string of the molecule is COc1cc(C)c(C(=O)Nc2cccc(C(C)C)c2)cc1OC. The van der Waals surface area contributed by atoms with Crippen LogP contribution in [-0.2, 0) is 0 Å². The van der Waals surface area contributed by atoms with E-state index in [0.717, 1.165) is 11.3 Å². The Morgan fingerprint density at radius 2 is 1.70 bits per heavy atom. The minimum atomic E-state index is -0.163. The van der Waals surface area contributed by atoms with E-state index in [-0.39, 0.29) is 5.91 Å². The molecule has 1 N–H and O–H groups in total. The summed E-state index contributed by atoms with van der Waals surface area (Å²) in [7, 11) is 3.13. The van der Waals surface area contributed by atoms with E-state index >= 15 is 0 Å². The van der Waals surface area contributed by atoms with Crippen molar-refractivity contribution in [1.82, 2.24) is 0 Å². The number of amides is 1. The Labute approximate surface area is 137 Å². The van der Waals surface area contributed by atoms with Gasteiger partial charge in [-0.25, -0.2) is 0 Å². The Kier molecular flexibility index (Phi) is 5.27. The van der Waals surface area contributed by atoms with Crippen molar-refractivity contribution in [3.8, 4) is 11.5 Å². The zero-order chi connectivity index (χ0) is 17.0. The molecule has 0 heterocycles. The minimum absolute atomic E-state index is 0.163. The van der Waals surface area contributed by atoms with E-state index in [2.05, 4.69) is 25.2 Å². The van der Waals surface area contributed by atoms with Crippen molar-refractivity contribution in [2.75, 3.05) is 19.5 Å². The highest BCUT2D eigenvalue weighted by Crippen LogP contribution is 2.30. The summed E-state index contributed by atoms with van der Waals surface area (Å²) < 4.78 is 10.5. The van der Waals surface area contributed by atoms with Crippen molar-refractivity contribution in [2.45, 2.75) is 26.7 Å². The van der Waals surface area contributed by atoms with E-state index in [1.807, 2.05) is 25.1 Å². The van der Waals surface area contributed by atoms with Gasteiger partial charge in [0, 0.05) is 11.3 Å². The van der Waals surface area contributed by atoms with E-state index in [4.69, 9.17) is 9.47 Å². The van der Waals surface area contributed by atoms with Crippen LogP contribution in [0.1, 0.15) is 41.3 Å². The third kappa shape index (κ3) is 3.83. The van der Waals surface area contributed by atoms with Gasteiger partial charge < -0.3 is 14.8 Å². The summed E-state index contributed by atoms with van der Waals surface area (Å²) in [6.07, 6.45) is 0. The molecule has 0 spiro atoms. The van der Waals surface area contributed by atoms with E-state index in [1.165, 1.54) is 5.56 Å². The highest BCUT2D eigenvalue weighted by Gasteiger charge is 2.15. The maximum Gasteiger partial charge on any atom is 0.256 e. The first kappa shape index (κ1) is 16.9. The number of benzene rings is 2. The van der Waals surface area contributed by atoms with Crippen LogP contribution in [0.2, 0.25) is 0 Å². The summed E-state index contributed by atoms with van der Waals surface area (Å²) in [6, 6.07) is 11.4. The fraction of sp³-hybridized carbons (Fsp3) is 0.316. The van der Waals surface area contributed by atoms with Gasteiger partial charge in [-0.2, -0.15) is 0 Å². The first-order chi connectivity index (χ1) is 11.0. The topological polar surface area (TPSA) is 47.6 Å². The summed E-state index contributed by atoms with van der Waals surface area (Å²) in [6.45, 7) is 6.13. The van der Waals surface area contributed by atoms with Crippen molar-refractivity contribution in [1.29, 1.82) is 0 Å². The van der Waals surface area contributed by atoms with Gasteiger partial charge in [0.2, 0.25) is 0 Å². The molecule has 0 unspecified atom stereocenters. The molecule has 23 heavy (non-hydrogen) atoms. The Hall–Kier alpha value is -2.49. The van der Waals surface area contributed by atoms with Crippen molar-refractivity contribution in [3.63, 3.8) is 0 Å². The van der Waals surface area contributed by atoms with Gasteiger partial charge in [0.1, 0.15) is 0 Å². The predicted octanol–water partition coefficient (Wildman–Crippen LogP) is 4.39. The Morgan fingerprint density at radius 1 is 1.04 bits per heavy atom. The van der Waals surface area contributed by atoms with Crippen LogP contribution in [-0.4, -0.2) is 20.1 Å². The average molecular weight is 313 g/mol. The van der Waals surface area contributed by atoms with Crippen molar-refractivity contribution < 1.29 is 14.3 Å². The second kappa shape index (κ2) is 7.18. The van der Waals surface area contributed by atoms with E-state index < -0.39 is 0 Å². The van der Waals surface area contributed by atoms with E-state index in [1.54, 1.807) is 26.4 Å². The number of aryl methyl sites for hydroxylation is 1. The summed E-state index contributed by atoms with van der Waals surface area (Å²) in [5, 5.41) is 2.95. The van der Waals surface area contributed by atoms with Gasteiger partial charge in [0.05, 0.1) is 14.2 Å². The van der Waals surface area contributed by atoms with Crippen LogP contribution in [0.25, 0.3) is 0 Å². The molecule has 1 amide bonds. The number of rotatable bonds is 5. The fourth-order valence-electron chi connectivity index (χ4n) is 2.40. The molecule has 0 aromatic heterocycles. The second-order valence-electron chi connectivity index (χ2n) is 5.76. The molecular weight excluding hydrogens is 290 g/mol. The molecule has 4 heteroatoms. The molecule has 0 bridgehead atoms. The molecule has 4 nitrogen and oxygen atoms in total. The lowest BCUT2D eigenvalue weighted by molar-refractivity contribution is 0.102. The quantitative estimate of drug-likeness (QED) is 0.890. The number of ether oxygens (including phenoxy) is 2. The highest BCUT2D eigenvalue weighted by atomic mass is 16.5. The van der Waals surface area contributed by atoms with Gasteiger partial charge >= 0.3 is 0 Å². The second-order valence-corrected chi connectivity index (χ2v) is 5.76. The highest BCUT2D eigenvalue weighted by molar-refractivity contribution is 6.05. The summed E-state index contributed by atoms with van der Waals surface area (Å²) in [5.74, 6) is 1.40. The van der Waals surface area contributed by atoms with Gasteiger partial charge in [-0.1, -0.05) is 26.0 Å². The molecule has 0 fully saturated rings. The number of hydrogen-bond acceptors (Lipinski definition) is 3. The van der Waals surface area contributed by atoms with Crippen molar-refractivity contribution in [2.24, 2.45) is 0 Å². The monoisotopic (exact) mass is 313 g/mol. The Balaban J connectivity index is 2.29. The summed E-state index contributed by atoms with van der Waals surface area (Å²) in [4.78, 5) is 12.6.